The van der Waals surface area contributed by atoms with Gasteiger partial charge in [0.15, 0.2) is 17.7 Å². The van der Waals surface area contributed by atoms with E-state index in [9.17, 15) is 5.26 Å². The van der Waals surface area contributed by atoms with Gasteiger partial charge in [0.1, 0.15) is 6.07 Å². The van der Waals surface area contributed by atoms with E-state index in [4.69, 9.17) is 24.7 Å². The Kier molecular flexibility index (Phi) is 5.40. The predicted octanol–water partition coefficient (Wildman–Crippen LogP) is 2.31. The maximum atomic E-state index is 9.93. The monoisotopic (exact) mass is 408 g/mol. The third-order valence-corrected chi connectivity index (χ3v) is 5.66. The third kappa shape index (κ3) is 3.18. The molecule has 0 radical (unpaired) electrons. The molecule has 1 fully saturated rings. The molecule has 156 valence electrons. The number of benzene rings is 2. The van der Waals surface area contributed by atoms with Crippen LogP contribution in [0.15, 0.2) is 53.9 Å². The first-order valence-electron chi connectivity index (χ1n) is 9.55. The van der Waals surface area contributed by atoms with Crippen molar-refractivity contribution in [1.82, 2.24) is 10.9 Å². The van der Waals surface area contributed by atoms with Crippen LogP contribution < -0.4 is 30.8 Å². The molecule has 2 aliphatic rings. The molecule has 0 bridgehead atoms. The van der Waals surface area contributed by atoms with Gasteiger partial charge in [0.05, 0.1) is 32.9 Å². The van der Waals surface area contributed by atoms with Crippen LogP contribution in [0.5, 0.6) is 17.2 Å². The van der Waals surface area contributed by atoms with Crippen molar-refractivity contribution in [2.24, 2.45) is 11.7 Å². The molecule has 2 heterocycles. The zero-order chi connectivity index (χ0) is 21.3. The van der Waals surface area contributed by atoms with Gasteiger partial charge in [-0.15, -0.1) is 0 Å². The molecule has 8 heteroatoms. The lowest BCUT2D eigenvalue weighted by atomic mass is 9.74. The molecule has 2 aliphatic heterocycles. The number of fused-ring (bicyclic) bond motifs is 1. The Morgan fingerprint density at radius 3 is 2.20 bits per heavy atom. The number of ether oxygens (including phenoxy) is 4. The van der Waals surface area contributed by atoms with Gasteiger partial charge in [-0.05, 0) is 23.3 Å². The number of hydrogen-bond acceptors (Lipinski definition) is 8. The van der Waals surface area contributed by atoms with Gasteiger partial charge in [0, 0.05) is 11.8 Å². The molecule has 4 unspecified atom stereocenters. The molecule has 4 rings (SSSR count). The minimum absolute atomic E-state index is 0.100. The molecule has 2 aromatic rings. The Bertz CT molecular complexity index is 977. The SMILES string of the molecule is COc1cc(C2C(C#N)=C(N)OC3NNC(c4ccccc4)C32)cc(OC)c1OC. The largest absolute Gasteiger partial charge is 0.493 e. The van der Waals surface area contributed by atoms with E-state index in [2.05, 4.69) is 16.9 Å². The second-order valence-electron chi connectivity index (χ2n) is 7.12. The number of nitrogens with two attached hydrogens (primary N) is 1. The molecule has 0 aromatic heterocycles. The summed E-state index contributed by atoms with van der Waals surface area (Å²) in [5.74, 6) is 1.14. The molecule has 2 aromatic carbocycles. The van der Waals surface area contributed by atoms with Gasteiger partial charge in [-0.1, -0.05) is 30.3 Å². The lowest BCUT2D eigenvalue weighted by Crippen LogP contribution is -2.41. The van der Waals surface area contributed by atoms with Crippen LogP contribution in [-0.2, 0) is 4.74 Å². The Hall–Kier alpha value is -3.41. The van der Waals surface area contributed by atoms with Crippen LogP contribution in [0.3, 0.4) is 0 Å². The predicted molar refractivity (Wildman–Crippen MR) is 109 cm³/mol. The highest BCUT2D eigenvalue weighted by atomic mass is 16.5. The summed E-state index contributed by atoms with van der Waals surface area (Å²) in [7, 11) is 4.68. The second-order valence-corrected chi connectivity index (χ2v) is 7.12. The lowest BCUT2D eigenvalue weighted by molar-refractivity contribution is 0.0340. The maximum absolute atomic E-state index is 9.93. The first-order chi connectivity index (χ1) is 14.6. The molecular formula is C22H24N4O4. The minimum Gasteiger partial charge on any atom is -0.493 e. The van der Waals surface area contributed by atoms with Crippen molar-refractivity contribution in [3.63, 3.8) is 0 Å². The van der Waals surface area contributed by atoms with Gasteiger partial charge in [-0.3, -0.25) is 0 Å². The normalized spacial score (nSPS) is 25.1. The fraction of sp³-hybridized carbons (Fsp3) is 0.318. The van der Waals surface area contributed by atoms with Crippen molar-refractivity contribution < 1.29 is 18.9 Å². The Labute approximate surface area is 175 Å². The van der Waals surface area contributed by atoms with E-state index < -0.39 is 6.23 Å². The van der Waals surface area contributed by atoms with Gasteiger partial charge in [-0.2, -0.15) is 5.26 Å². The zero-order valence-electron chi connectivity index (χ0n) is 17.0. The maximum Gasteiger partial charge on any atom is 0.203 e. The van der Waals surface area contributed by atoms with E-state index in [-0.39, 0.29) is 23.8 Å². The number of rotatable bonds is 5. The summed E-state index contributed by atoms with van der Waals surface area (Å²) < 4.78 is 22.4. The van der Waals surface area contributed by atoms with Crippen molar-refractivity contribution in [3.05, 3.63) is 65.0 Å². The van der Waals surface area contributed by atoms with Gasteiger partial charge in [0.2, 0.25) is 11.6 Å². The quantitative estimate of drug-likeness (QED) is 0.691. The van der Waals surface area contributed by atoms with E-state index >= 15 is 0 Å². The highest BCUT2D eigenvalue weighted by Gasteiger charge is 2.49. The molecule has 0 saturated carbocycles. The Balaban J connectivity index is 1.88. The number of hydrazine groups is 1. The molecule has 8 nitrogen and oxygen atoms in total. The van der Waals surface area contributed by atoms with Crippen molar-refractivity contribution >= 4 is 0 Å². The van der Waals surface area contributed by atoms with Crippen LogP contribution >= 0.6 is 0 Å². The zero-order valence-corrected chi connectivity index (χ0v) is 17.0. The van der Waals surface area contributed by atoms with Crippen molar-refractivity contribution in [2.75, 3.05) is 21.3 Å². The molecule has 30 heavy (non-hydrogen) atoms. The topological polar surface area (TPSA) is 111 Å². The smallest absolute Gasteiger partial charge is 0.203 e. The van der Waals surface area contributed by atoms with Crippen LogP contribution in [0.25, 0.3) is 0 Å². The molecular weight excluding hydrogens is 384 g/mol. The van der Waals surface area contributed by atoms with Gasteiger partial charge < -0.3 is 24.7 Å². The summed E-state index contributed by atoms with van der Waals surface area (Å²) >= 11 is 0. The fourth-order valence-electron chi connectivity index (χ4n) is 4.32. The molecule has 4 N–H and O–H groups in total. The van der Waals surface area contributed by atoms with Gasteiger partial charge in [0.25, 0.3) is 0 Å². The van der Waals surface area contributed by atoms with Crippen LogP contribution in [0.1, 0.15) is 23.1 Å². The molecule has 1 saturated heterocycles. The van der Waals surface area contributed by atoms with E-state index in [0.717, 1.165) is 11.1 Å². The van der Waals surface area contributed by atoms with E-state index in [1.165, 1.54) is 0 Å². The first kappa shape index (κ1) is 19.9. The lowest BCUT2D eigenvalue weighted by Gasteiger charge is -2.36. The fourth-order valence-corrected chi connectivity index (χ4v) is 4.32. The number of methoxy groups -OCH3 is 3. The average Bonchev–Trinajstić information content (AvgIpc) is 3.20. The highest BCUT2D eigenvalue weighted by Crippen LogP contribution is 2.50. The highest BCUT2D eigenvalue weighted by molar-refractivity contribution is 5.57. The summed E-state index contributed by atoms with van der Waals surface area (Å²) in [5.41, 5.74) is 14.9. The molecule has 0 spiro atoms. The second kappa shape index (κ2) is 8.14. The summed E-state index contributed by atoms with van der Waals surface area (Å²) in [6.07, 6.45) is -0.406. The third-order valence-electron chi connectivity index (χ3n) is 5.66. The van der Waals surface area contributed by atoms with Crippen LogP contribution in [-0.4, -0.2) is 27.6 Å². The number of nitrogens with zero attached hydrogens (tertiary/aromatic N) is 1. The van der Waals surface area contributed by atoms with E-state index in [0.29, 0.717) is 22.8 Å². The summed E-state index contributed by atoms with van der Waals surface area (Å²) in [6.45, 7) is 0. The molecule has 0 amide bonds. The van der Waals surface area contributed by atoms with Crippen molar-refractivity contribution in [3.8, 4) is 23.3 Å². The van der Waals surface area contributed by atoms with Gasteiger partial charge in [-0.25, -0.2) is 10.9 Å². The Morgan fingerprint density at radius 1 is 0.967 bits per heavy atom. The summed E-state index contributed by atoms with van der Waals surface area (Å²) in [4.78, 5) is 0. The summed E-state index contributed by atoms with van der Waals surface area (Å²) in [5, 5.41) is 9.93. The number of hydrogen-bond donors (Lipinski definition) is 3. The summed E-state index contributed by atoms with van der Waals surface area (Å²) in [6, 6.07) is 15.9. The molecule has 0 aliphatic carbocycles. The average molecular weight is 408 g/mol. The number of allylic oxidation sites excluding steroid dienone is 1. The standard InChI is InChI=1S/C22H24N4O4/c1-27-15-9-13(10-16(28-2)20(15)29-3)17-14(11-23)21(24)30-22-18(17)19(25-26-22)12-7-5-4-6-8-12/h4-10,17-19,22,25-26H,24H2,1-3H3. The van der Waals surface area contributed by atoms with Crippen molar-refractivity contribution in [1.29, 1.82) is 5.26 Å². The van der Waals surface area contributed by atoms with Crippen LogP contribution in [0.2, 0.25) is 0 Å². The number of nitrogens with one attached hydrogen (secondary N) is 2. The van der Waals surface area contributed by atoms with E-state index in [1.54, 1.807) is 21.3 Å². The Morgan fingerprint density at radius 2 is 1.63 bits per heavy atom. The van der Waals surface area contributed by atoms with E-state index in [1.807, 2.05) is 42.5 Å². The minimum atomic E-state index is -0.406. The van der Waals surface area contributed by atoms with Crippen molar-refractivity contribution in [2.45, 2.75) is 18.2 Å². The van der Waals surface area contributed by atoms with Gasteiger partial charge >= 0.3 is 0 Å². The van der Waals surface area contributed by atoms with Crippen LogP contribution in [0.4, 0.5) is 0 Å². The number of nitriles is 1. The van der Waals surface area contributed by atoms with Crippen LogP contribution in [0, 0.1) is 17.2 Å². The first-order valence-corrected chi connectivity index (χ1v) is 9.55. The molecule has 4 atom stereocenters.